The fourth-order valence-electron chi connectivity index (χ4n) is 3.56. The molecule has 4 rings (SSSR count). The van der Waals surface area contributed by atoms with E-state index in [0.29, 0.717) is 24.7 Å². The minimum Gasteiger partial charge on any atom is -0.367 e. The molecule has 2 fully saturated rings. The number of benzene rings is 1. The van der Waals surface area contributed by atoms with E-state index in [9.17, 15) is 9.59 Å². The zero-order valence-corrected chi connectivity index (χ0v) is 15.6. The lowest BCUT2D eigenvalue weighted by Gasteiger charge is -2.31. The lowest BCUT2D eigenvalue weighted by atomic mass is 9.88. The number of aryl methyl sites for hydroxylation is 1. The molecular formula is C22H25N3O2. The number of amides is 1. The molecule has 1 N–H and O–H groups in total. The van der Waals surface area contributed by atoms with Crippen molar-refractivity contribution in [3.05, 3.63) is 59.3 Å². The van der Waals surface area contributed by atoms with Crippen molar-refractivity contribution >= 4 is 17.5 Å². The van der Waals surface area contributed by atoms with Crippen molar-refractivity contribution in [2.24, 2.45) is 5.92 Å². The molecule has 1 saturated carbocycles. The van der Waals surface area contributed by atoms with Crippen molar-refractivity contribution in [3.63, 3.8) is 0 Å². The Kier molecular flexibility index (Phi) is 4.92. The van der Waals surface area contributed by atoms with Crippen LogP contribution in [0.15, 0.2) is 42.6 Å². The first-order chi connectivity index (χ1) is 13.1. The summed E-state index contributed by atoms with van der Waals surface area (Å²) in [7, 11) is 0. The zero-order valence-electron chi connectivity index (χ0n) is 15.6. The number of hydrogen-bond acceptors (Lipinski definition) is 4. The average molecular weight is 363 g/mol. The fraction of sp³-hybridized carbons (Fsp3) is 0.409. The number of likely N-dealkylation sites (tertiary alicyclic amines) is 1. The molecular weight excluding hydrogens is 338 g/mol. The van der Waals surface area contributed by atoms with E-state index >= 15 is 0 Å². The number of pyridine rings is 1. The monoisotopic (exact) mass is 363 g/mol. The van der Waals surface area contributed by atoms with Crippen LogP contribution in [0.4, 0.5) is 5.82 Å². The minimum absolute atomic E-state index is 0.00119. The molecule has 5 nitrogen and oxygen atoms in total. The molecule has 140 valence electrons. The van der Waals surface area contributed by atoms with Crippen molar-refractivity contribution in [1.29, 1.82) is 0 Å². The van der Waals surface area contributed by atoms with Gasteiger partial charge in [0.1, 0.15) is 5.82 Å². The van der Waals surface area contributed by atoms with E-state index in [1.165, 1.54) is 12.8 Å². The fourth-order valence-corrected chi connectivity index (χ4v) is 3.56. The number of nitrogens with one attached hydrogen (secondary N) is 1. The molecule has 1 aliphatic heterocycles. The van der Waals surface area contributed by atoms with Gasteiger partial charge in [0.25, 0.3) is 5.91 Å². The van der Waals surface area contributed by atoms with E-state index in [1.54, 1.807) is 12.3 Å². The van der Waals surface area contributed by atoms with Crippen LogP contribution in [0.2, 0.25) is 0 Å². The van der Waals surface area contributed by atoms with Crippen LogP contribution in [0.3, 0.4) is 0 Å². The molecule has 0 bridgehead atoms. The molecule has 1 aromatic heterocycles. The molecule has 0 spiro atoms. The van der Waals surface area contributed by atoms with Gasteiger partial charge in [-0.1, -0.05) is 29.8 Å². The molecule has 1 saturated heterocycles. The number of carbonyl (C=O) groups is 2. The summed E-state index contributed by atoms with van der Waals surface area (Å²) < 4.78 is 0. The van der Waals surface area contributed by atoms with Crippen LogP contribution < -0.4 is 5.32 Å². The van der Waals surface area contributed by atoms with Gasteiger partial charge in [0.05, 0.1) is 0 Å². The Labute approximate surface area is 159 Å². The second kappa shape index (κ2) is 7.51. The Morgan fingerprint density at radius 2 is 1.70 bits per heavy atom. The molecule has 27 heavy (non-hydrogen) atoms. The SMILES string of the molecule is Cc1ccc(C(=O)C2CCN(C(=O)c3ccnc(NC4CC4)c3)CC2)cc1. The van der Waals surface area contributed by atoms with Crippen LogP contribution in [-0.4, -0.2) is 40.7 Å². The van der Waals surface area contributed by atoms with Crippen molar-refractivity contribution in [3.8, 4) is 0 Å². The van der Waals surface area contributed by atoms with Crippen molar-refractivity contribution in [2.45, 2.75) is 38.6 Å². The third-order valence-corrected chi connectivity index (χ3v) is 5.43. The predicted octanol–water partition coefficient (Wildman–Crippen LogP) is 3.70. The molecule has 2 aromatic rings. The van der Waals surface area contributed by atoms with E-state index in [1.807, 2.05) is 42.2 Å². The summed E-state index contributed by atoms with van der Waals surface area (Å²) in [5.41, 5.74) is 2.59. The van der Waals surface area contributed by atoms with Crippen molar-refractivity contribution in [2.75, 3.05) is 18.4 Å². The van der Waals surface area contributed by atoms with Gasteiger partial charge in [-0.15, -0.1) is 0 Å². The summed E-state index contributed by atoms with van der Waals surface area (Å²) >= 11 is 0. The number of ketones is 1. The second-order valence-corrected chi connectivity index (χ2v) is 7.65. The maximum absolute atomic E-state index is 12.8. The van der Waals surface area contributed by atoms with Gasteiger partial charge < -0.3 is 10.2 Å². The second-order valence-electron chi connectivity index (χ2n) is 7.65. The van der Waals surface area contributed by atoms with Crippen LogP contribution in [0, 0.1) is 12.8 Å². The Bertz CT molecular complexity index is 835. The molecule has 5 heteroatoms. The number of hydrogen-bond donors (Lipinski definition) is 1. The molecule has 0 radical (unpaired) electrons. The molecule has 2 aliphatic rings. The lowest BCUT2D eigenvalue weighted by Crippen LogP contribution is -2.40. The normalized spacial score (nSPS) is 17.6. The quantitative estimate of drug-likeness (QED) is 0.823. The van der Waals surface area contributed by atoms with Gasteiger partial charge in [-0.05, 0) is 44.7 Å². The highest BCUT2D eigenvalue weighted by atomic mass is 16.2. The summed E-state index contributed by atoms with van der Waals surface area (Å²) in [4.78, 5) is 31.7. The Balaban J connectivity index is 1.36. The first-order valence-corrected chi connectivity index (χ1v) is 9.73. The van der Waals surface area contributed by atoms with Gasteiger partial charge >= 0.3 is 0 Å². The predicted molar refractivity (Wildman–Crippen MR) is 105 cm³/mol. The first-order valence-electron chi connectivity index (χ1n) is 9.73. The van der Waals surface area contributed by atoms with Gasteiger partial charge in [0.2, 0.25) is 0 Å². The van der Waals surface area contributed by atoms with E-state index in [2.05, 4.69) is 10.3 Å². The number of carbonyl (C=O) groups excluding carboxylic acids is 2. The Hall–Kier alpha value is -2.69. The summed E-state index contributed by atoms with van der Waals surface area (Å²) in [6.07, 6.45) is 5.46. The maximum Gasteiger partial charge on any atom is 0.254 e. The number of anilines is 1. The first kappa shape index (κ1) is 17.7. The number of piperidine rings is 1. The Morgan fingerprint density at radius 3 is 2.37 bits per heavy atom. The number of Topliss-reactive ketones (excluding diaryl/α,β-unsaturated/α-hetero) is 1. The van der Waals surface area contributed by atoms with Crippen LogP contribution in [0.5, 0.6) is 0 Å². The van der Waals surface area contributed by atoms with Crippen molar-refractivity contribution < 1.29 is 9.59 Å². The third kappa shape index (κ3) is 4.18. The Morgan fingerprint density at radius 1 is 1.00 bits per heavy atom. The number of nitrogens with zero attached hydrogens (tertiary/aromatic N) is 2. The summed E-state index contributed by atoms with van der Waals surface area (Å²) in [5.74, 6) is 0.994. The van der Waals surface area contributed by atoms with Crippen LogP contribution in [-0.2, 0) is 0 Å². The highest BCUT2D eigenvalue weighted by Gasteiger charge is 2.29. The van der Waals surface area contributed by atoms with Gasteiger partial charge in [-0.2, -0.15) is 0 Å². The lowest BCUT2D eigenvalue weighted by molar-refractivity contribution is 0.0650. The highest BCUT2D eigenvalue weighted by molar-refractivity contribution is 5.98. The van der Waals surface area contributed by atoms with Crippen LogP contribution >= 0.6 is 0 Å². The number of rotatable bonds is 5. The van der Waals surface area contributed by atoms with Crippen LogP contribution in [0.25, 0.3) is 0 Å². The molecule has 1 aliphatic carbocycles. The standard InChI is InChI=1S/C22H25N3O2/c1-15-2-4-16(5-3-15)21(26)17-9-12-25(13-10-17)22(27)18-8-11-23-20(14-18)24-19-6-7-19/h2-5,8,11,14,17,19H,6-7,9-10,12-13H2,1H3,(H,23,24). The molecule has 1 aromatic carbocycles. The van der Waals surface area contributed by atoms with Crippen LogP contribution in [0.1, 0.15) is 52.0 Å². The molecule has 0 atom stereocenters. The number of aromatic nitrogens is 1. The van der Waals surface area contributed by atoms with E-state index in [-0.39, 0.29) is 17.6 Å². The summed E-state index contributed by atoms with van der Waals surface area (Å²) in [6, 6.07) is 11.9. The van der Waals surface area contributed by atoms with Gasteiger partial charge in [0, 0.05) is 42.4 Å². The van der Waals surface area contributed by atoms with Gasteiger partial charge in [-0.25, -0.2) is 4.98 Å². The minimum atomic E-state index is 0.00119. The molecule has 2 heterocycles. The average Bonchev–Trinajstić information content (AvgIpc) is 3.52. The molecule has 1 amide bonds. The molecule has 0 unspecified atom stereocenters. The maximum atomic E-state index is 12.8. The third-order valence-electron chi connectivity index (χ3n) is 5.43. The van der Waals surface area contributed by atoms with E-state index in [0.717, 1.165) is 29.8 Å². The highest BCUT2D eigenvalue weighted by Crippen LogP contribution is 2.25. The largest absolute Gasteiger partial charge is 0.367 e. The van der Waals surface area contributed by atoms with E-state index in [4.69, 9.17) is 0 Å². The summed E-state index contributed by atoms with van der Waals surface area (Å²) in [5, 5.41) is 3.33. The summed E-state index contributed by atoms with van der Waals surface area (Å²) in [6.45, 7) is 3.26. The van der Waals surface area contributed by atoms with Gasteiger partial charge in [-0.3, -0.25) is 9.59 Å². The van der Waals surface area contributed by atoms with Crippen molar-refractivity contribution in [1.82, 2.24) is 9.88 Å². The van der Waals surface area contributed by atoms with E-state index < -0.39 is 0 Å². The zero-order chi connectivity index (χ0) is 18.8. The van der Waals surface area contributed by atoms with Gasteiger partial charge in [0.15, 0.2) is 5.78 Å². The smallest absolute Gasteiger partial charge is 0.254 e. The topological polar surface area (TPSA) is 62.3 Å².